The van der Waals surface area contributed by atoms with Gasteiger partial charge in [-0.2, -0.15) is 0 Å². The second kappa shape index (κ2) is 6.38. The molecular weight excluding hydrogens is 236 g/mol. The minimum Gasteiger partial charge on any atom is -0.337 e. The molecule has 1 fully saturated rings. The molecule has 4 nitrogen and oxygen atoms in total. The average molecular weight is 259 g/mol. The molecule has 1 aromatic heterocycles. The van der Waals surface area contributed by atoms with Gasteiger partial charge in [0.05, 0.1) is 12.0 Å². The summed E-state index contributed by atoms with van der Waals surface area (Å²) in [6.45, 7) is 4.26. The Labute approximate surface area is 110 Å². The quantitative estimate of drug-likeness (QED) is 0.895. The summed E-state index contributed by atoms with van der Waals surface area (Å²) in [6.07, 6.45) is 7.65. The Balaban J connectivity index is 0.00000144. The van der Waals surface area contributed by atoms with Gasteiger partial charge in [-0.15, -0.1) is 12.4 Å². The van der Waals surface area contributed by atoms with Crippen LogP contribution in [0.5, 0.6) is 0 Å². The van der Waals surface area contributed by atoms with Gasteiger partial charge in [-0.05, 0) is 26.3 Å². The number of nitrogens with zero attached hydrogens (tertiary/aromatic N) is 3. The van der Waals surface area contributed by atoms with E-state index in [1.54, 1.807) is 0 Å². The lowest BCUT2D eigenvalue weighted by atomic mass is 9.97. The van der Waals surface area contributed by atoms with Gasteiger partial charge in [0.1, 0.15) is 0 Å². The molecule has 0 saturated carbocycles. The van der Waals surface area contributed by atoms with E-state index < -0.39 is 0 Å². The van der Waals surface area contributed by atoms with E-state index >= 15 is 0 Å². The second-order valence-corrected chi connectivity index (χ2v) is 4.89. The normalized spacial score (nSPS) is 23.1. The molecule has 17 heavy (non-hydrogen) atoms. The molecule has 0 amide bonds. The van der Waals surface area contributed by atoms with Crippen LogP contribution in [-0.4, -0.2) is 33.1 Å². The van der Waals surface area contributed by atoms with Gasteiger partial charge in [0.15, 0.2) is 0 Å². The van der Waals surface area contributed by atoms with E-state index in [0.29, 0.717) is 6.04 Å². The molecule has 1 aliphatic heterocycles. The van der Waals surface area contributed by atoms with E-state index in [4.69, 9.17) is 5.73 Å². The topological polar surface area (TPSA) is 47.1 Å². The summed E-state index contributed by atoms with van der Waals surface area (Å²) in [4.78, 5) is 6.67. The van der Waals surface area contributed by atoms with Crippen molar-refractivity contribution in [3.05, 3.63) is 18.2 Å². The highest BCUT2D eigenvalue weighted by molar-refractivity contribution is 5.85. The van der Waals surface area contributed by atoms with Crippen LogP contribution in [0.4, 0.5) is 0 Å². The van der Waals surface area contributed by atoms with E-state index in [2.05, 4.69) is 21.4 Å². The Kier molecular flexibility index (Phi) is 5.43. The lowest BCUT2D eigenvalue weighted by Crippen LogP contribution is -2.48. The Morgan fingerprint density at radius 1 is 1.53 bits per heavy atom. The molecule has 2 N–H and O–H groups in total. The summed E-state index contributed by atoms with van der Waals surface area (Å²) < 4.78 is 2.09. The maximum Gasteiger partial charge on any atom is 0.0945 e. The zero-order valence-corrected chi connectivity index (χ0v) is 11.5. The largest absolute Gasteiger partial charge is 0.337 e. The third-order valence-electron chi connectivity index (χ3n) is 3.55. The van der Waals surface area contributed by atoms with Crippen LogP contribution in [0.2, 0.25) is 0 Å². The number of hydrogen-bond acceptors (Lipinski definition) is 3. The Morgan fingerprint density at radius 3 is 2.88 bits per heavy atom. The minimum absolute atomic E-state index is 0. The number of aromatic nitrogens is 2. The predicted molar refractivity (Wildman–Crippen MR) is 72.2 cm³/mol. The van der Waals surface area contributed by atoms with Crippen molar-refractivity contribution in [2.45, 2.75) is 44.8 Å². The first-order valence-corrected chi connectivity index (χ1v) is 6.13. The van der Waals surface area contributed by atoms with Crippen molar-refractivity contribution in [1.29, 1.82) is 0 Å². The summed E-state index contributed by atoms with van der Waals surface area (Å²) in [7, 11) is 2.05. The fraction of sp³-hybridized carbons (Fsp3) is 0.750. The third kappa shape index (κ3) is 3.44. The second-order valence-electron chi connectivity index (χ2n) is 4.89. The van der Waals surface area contributed by atoms with Gasteiger partial charge in [-0.25, -0.2) is 4.98 Å². The number of likely N-dealkylation sites (tertiary alicyclic amines) is 1. The summed E-state index contributed by atoms with van der Waals surface area (Å²) >= 11 is 0. The molecule has 0 aliphatic carbocycles. The molecular formula is C12H23ClN4. The minimum atomic E-state index is 0. The molecule has 2 rings (SSSR count). The van der Waals surface area contributed by atoms with Crippen LogP contribution in [0.1, 0.15) is 31.9 Å². The highest BCUT2D eigenvalue weighted by Gasteiger charge is 2.25. The van der Waals surface area contributed by atoms with Crippen LogP contribution >= 0.6 is 12.4 Å². The highest BCUT2D eigenvalue weighted by Crippen LogP contribution is 2.21. The van der Waals surface area contributed by atoms with E-state index in [0.717, 1.165) is 13.1 Å². The molecule has 1 saturated heterocycles. The first-order chi connectivity index (χ1) is 7.68. The maximum atomic E-state index is 6.06. The summed E-state index contributed by atoms with van der Waals surface area (Å²) in [5.74, 6) is 0. The van der Waals surface area contributed by atoms with Gasteiger partial charge < -0.3 is 10.3 Å². The van der Waals surface area contributed by atoms with E-state index in [1.165, 1.54) is 25.0 Å². The molecule has 0 radical (unpaired) electrons. The predicted octanol–water partition coefficient (Wildman–Crippen LogP) is 1.54. The van der Waals surface area contributed by atoms with Crippen molar-refractivity contribution in [2.75, 3.05) is 6.54 Å². The van der Waals surface area contributed by atoms with Crippen molar-refractivity contribution >= 4 is 12.4 Å². The monoisotopic (exact) mass is 258 g/mol. The molecule has 0 aromatic carbocycles. The first kappa shape index (κ1) is 14.5. The lowest BCUT2D eigenvalue weighted by Gasteiger charge is -2.37. The van der Waals surface area contributed by atoms with Gasteiger partial charge >= 0.3 is 0 Å². The van der Waals surface area contributed by atoms with Gasteiger partial charge in [-0.1, -0.05) is 6.42 Å². The van der Waals surface area contributed by atoms with Crippen LogP contribution in [0.3, 0.4) is 0 Å². The smallest absolute Gasteiger partial charge is 0.0945 e. The zero-order chi connectivity index (χ0) is 11.5. The maximum absolute atomic E-state index is 6.06. The van der Waals surface area contributed by atoms with Crippen LogP contribution in [0.15, 0.2) is 12.5 Å². The van der Waals surface area contributed by atoms with Crippen LogP contribution in [0, 0.1) is 0 Å². The van der Waals surface area contributed by atoms with Crippen molar-refractivity contribution < 1.29 is 0 Å². The van der Waals surface area contributed by atoms with Gasteiger partial charge in [0, 0.05) is 31.9 Å². The summed E-state index contributed by atoms with van der Waals surface area (Å²) in [6, 6.07) is 0.789. The molecule has 98 valence electrons. The molecule has 0 spiro atoms. The Hall–Kier alpha value is -0.580. The molecule has 1 aromatic rings. The first-order valence-electron chi connectivity index (χ1n) is 6.13. The number of halogens is 1. The van der Waals surface area contributed by atoms with Crippen molar-refractivity contribution in [1.82, 2.24) is 14.5 Å². The van der Waals surface area contributed by atoms with Crippen molar-refractivity contribution in [3.8, 4) is 0 Å². The van der Waals surface area contributed by atoms with E-state index in [-0.39, 0.29) is 18.4 Å². The molecule has 0 bridgehead atoms. The van der Waals surface area contributed by atoms with Crippen molar-refractivity contribution in [2.24, 2.45) is 12.8 Å². The summed E-state index contributed by atoms with van der Waals surface area (Å²) in [5.41, 5.74) is 7.33. The number of rotatable bonds is 3. The van der Waals surface area contributed by atoms with Crippen molar-refractivity contribution in [3.63, 3.8) is 0 Å². The van der Waals surface area contributed by atoms with Crippen LogP contribution in [0.25, 0.3) is 0 Å². The molecule has 5 heteroatoms. The van der Waals surface area contributed by atoms with E-state index in [9.17, 15) is 0 Å². The lowest BCUT2D eigenvalue weighted by molar-refractivity contribution is 0.120. The number of nitrogens with two attached hydrogens (primary N) is 1. The van der Waals surface area contributed by atoms with Crippen LogP contribution in [-0.2, 0) is 13.6 Å². The Morgan fingerprint density at radius 2 is 2.29 bits per heavy atom. The number of imidazole rings is 1. The number of hydrogen-bond donors (Lipinski definition) is 1. The third-order valence-corrected chi connectivity index (χ3v) is 3.55. The molecule has 2 atom stereocenters. The van der Waals surface area contributed by atoms with Crippen LogP contribution < -0.4 is 5.73 Å². The molecule has 2 heterocycles. The fourth-order valence-electron chi connectivity index (χ4n) is 2.55. The van der Waals surface area contributed by atoms with Gasteiger partial charge in [0.2, 0.25) is 0 Å². The number of aryl methyl sites for hydroxylation is 1. The number of piperidine rings is 1. The SMILES string of the molecule is CC(N)C1CCCCN1Cc1cncn1C.Cl. The standard InChI is InChI=1S/C12H22N4.ClH/c1-10(13)12-5-3-4-6-16(12)8-11-7-14-9-15(11)2;/h7,9-10,12H,3-6,8,13H2,1-2H3;1H. The summed E-state index contributed by atoms with van der Waals surface area (Å²) in [5, 5.41) is 0. The molecule has 2 unspecified atom stereocenters. The fourth-order valence-corrected chi connectivity index (χ4v) is 2.55. The molecule has 1 aliphatic rings. The van der Waals surface area contributed by atoms with Gasteiger partial charge in [-0.3, -0.25) is 4.90 Å². The Bertz CT molecular complexity index is 337. The highest BCUT2D eigenvalue weighted by atomic mass is 35.5. The van der Waals surface area contributed by atoms with E-state index in [1.807, 2.05) is 19.6 Å². The van der Waals surface area contributed by atoms with Gasteiger partial charge in [0.25, 0.3) is 0 Å². The zero-order valence-electron chi connectivity index (χ0n) is 10.7. The average Bonchev–Trinajstić information content (AvgIpc) is 2.65.